The summed E-state index contributed by atoms with van der Waals surface area (Å²) in [6.45, 7) is 0. The Morgan fingerprint density at radius 1 is 1.28 bits per heavy atom. The Labute approximate surface area is 114 Å². The Kier molecular flexibility index (Phi) is 2.68. The molecule has 3 nitrogen and oxygen atoms in total. The molecule has 2 aromatic rings. The summed E-state index contributed by atoms with van der Waals surface area (Å²) in [6, 6.07) is 5.22. The standard InChI is InChI=1S/C13H9Cl2NO2/c14-10-2-1-8(5-11(10)15)12-9(6-16-18-12)13(7-17)3-4-13/h1-2,5-7H,3-4H2. The summed E-state index contributed by atoms with van der Waals surface area (Å²) in [5, 5.41) is 4.73. The number of aromatic nitrogens is 1. The van der Waals surface area contributed by atoms with Gasteiger partial charge >= 0.3 is 0 Å². The van der Waals surface area contributed by atoms with Crippen molar-refractivity contribution in [1.29, 1.82) is 0 Å². The molecule has 5 heteroatoms. The Morgan fingerprint density at radius 3 is 2.67 bits per heavy atom. The van der Waals surface area contributed by atoms with Crippen LogP contribution in [0.2, 0.25) is 10.0 Å². The lowest BCUT2D eigenvalue weighted by Crippen LogP contribution is -2.07. The van der Waals surface area contributed by atoms with Crippen molar-refractivity contribution in [3.05, 3.63) is 40.0 Å². The van der Waals surface area contributed by atoms with Gasteiger partial charge in [-0.1, -0.05) is 28.4 Å². The van der Waals surface area contributed by atoms with E-state index in [2.05, 4.69) is 5.16 Å². The van der Waals surface area contributed by atoms with Gasteiger partial charge in [-0.2, -0.15) is 0 Å². The Morgan fingerprint density at radius 2 is 2.06 bits per heavy atom. The van der Waals surface area contributed by atoms with Crippen LogP contribution in [-0.4, -0.2) is 11.4 Å². The molecule has 1 fully saturated rings. The second-order valence-corrected chi connectivity index (χ2v) is 5.29. The van der Waals surface area contributed by atoms with Crippen molar-refractivity contribution in [1.82, 2.24) is 5.16 Å². The first kappa shape index (κ1) is 11.8. The van der Waals surface area contributed by atoms with E-state index in [1.807, 2.05) is 0 Å². The van der Waals surface area contributed by atoms with Crippen molar-refractivity contribution < 1.29 is 9.32 Å². The Balaban J connectivity index is 2.10. The first-order valence-corrected chi connectivity index (χ1v) is 6.29. The van der Waals surface area contributed by atoms with Crippen LogP contribution < -0.4 is 0 Å². The normalized spacial score (nSPS) is 16.6. The quantitative estimate of drug-likeness (QED) is 0.802. The van der Waals surface area contributed by atoms with Gasteiger partial charge in [-0.25, -0.2) is 0 Å². The molecule has 0 N–H and O–H groups in total. The summed E-state index contributed by atoms with van der Waals surface area (Å²) in [6.07, 6.45) is 4.26. The second-order valence-electron chi connectivity index (χ2n) is 4.47. The van der Waals surface area contributed by atoms with Crippen molar-refractivity contribution in [2.75, 3.05) is 0 Å². The molecule has 0 aliphatic heterocycles. The van der Waals surface area contributed by atoms with E-state index >= 15 is 0 Å². The van der Waals surface area contributed by atoms with Gasteiger partial charge in [0.1, 0.15) is 6.29 Å². The lowest BCUT2D eigenvalue weighted by Gasteiger charge is -2.06. The molecule has 0 atom stereocenters. The van der Waals surface area contributed by atoms with Gasteiger partial charge in [0.15, 0.2) is 5.76 Å². The predicted molar refractivity (Wildman–Crippen MR) is 68.9 cm³/mol. The summed E-state index contributed by atoms with van der Waals surface area (Å²) in [5.41, 5.74) is 1.20. The van der Waals surface area contributed by atoms with Gasteiger partial charge in [-0.15, -0.1) is 0 Å². The number of aldehydes is 1. The van der Waals surface area contributed by atoms with Gasteiger partial charge < -0.3 is 9.32 Å². The summed E-state index contributed by atoms with van der Waals surface area (Å²) in [4.78, 5) is 11.2. The molecular formula is C13H9Cl2NO2. The second kappa shape index (κ2) is 4.11. The molecule has 1 aromatic carbocycles. The van der Waals surface area contributed by atoms with Crippen LogP contribution in [0, 0.1) is 0 Å². The average molecular weight is 282 g/mol. The molecule has 0 amide bonds. The highest BCUT2D eigenvalue weighted by Gasteiger charge is 2.47. The highest BCUT2D eigenvalue weighted by atomic mass is 35.5. The minimum absolute atomic E-state index is 0.415. The fourth-order valence-corrected chi connectivity index (χ4v) is 2.32. The summed E-state index contributed by atoms with van der Waals surface area (Å²) >= 11 is 11.9. The number of hydrogen-bond donors (Lipinski definition) is 0. The van der Waals surface area contributed by atoms with Crippen LogP contribution in [0.1, 0.15) is 18.4 Å². The van der Waals surface area contributed by atoms with E-state index in [0.29, 0.717) is 15.8 Å². The minimum Gasteiger partial charge on any atom is -0.356 e. The van der Waals surface area contributed by atoms with Gasteiger partial charge in [0.05, 0.1) is 21.7 Å². The molecule has 18 heavy (non-hydrogen) atoms. The zero-order valence-electron chi connectivity index (χ0n) is 9.32. The molecule has 1 aliphatic rings. The monoisotopic (exact) mass is 281 g/mol. The van der Waals surface area contributed by atoms with Crippen molar-refractivity contribution in [3.63, 3.8) is 0 Å². The van der Waals surface area contributed by atoms with Gasteiger partial charge in [0.25, 0.3) is 0 Å². The highest BCUT2D eigenvalue weighted by Crippen LogP contribution is 2.49. The fraction of sp³-hybridized carbons (Fsp3) is 0.231. The molecular weight excluding hydrogens is 273 g/mol. The molecule has 92 valence electrons. The molecule has 0 spiro atoms. The van der Waals surface area contributed by atoms with Gasteiger partial charge in [-0.3, -0.25) is 0 Å². The van der Waals surface area contributed by atoms with Gasteiger partial charge in [0.2, 0.25) is 0 Å². The fourth-order valence-electron chi connectivity index (χ4n) is 2.03. The zero-order chi connectivity index (χ0) is 12.8. The lowest BCUT2D eigenvalue weighted by atomic mass is 9.96. The number of carbonyl (C=O) groups is 1. The SMILES string of the molecule is O=CC1(c2cnoc2-c2ccc(Cl)c(Cl)c2)CC1. The van der Waals surface area contributed by atoms with Crippen molar-refractivity contribution in [2.24, 2.45) is 0 Å². The predicted octanol–water partition coefficient (Wildman–Crippen LogP) is 3.88. The van der Waals surface area contributed by atoms with Gasteiger partial charge in [-0.05, 0) is 31.0 Å². The van der Waals surface area contributed by atoms with Crippen LogP contribution >= 0.6 is 23.2 Å². The summed E-state index contributed by atoms with van der Waals surface area (Å²) < 4.78 is 5.26. The van der Waals surface area contributed by atoms with Crippen LogP contribution in [0.4, 0.5) is 0 Å². The van der Waals surface area contributed by atoms with Gasteiger partial charge in [0, 0.05) is 11.1 Å². The molecule has 1 aliphatic carbocycles. The van der Waals surface area contributed by atoms with Crippen molar-refractivity contribution >= 4 is 29.5 Å². The third-order valence-electron chi connectivity index (χ3n) is 3.30. The molecule has 0 saturated heterocycles. The highest BCUT2D eigenvalue weighted by molar-refractivity contribution is 6.42. The third kappa shape index (κ3) is 1.74. The van der Waals surface area contributed by atoms with E-state index in [0.717, 1.165) is 30.3 Å². The number of nitrogens with zero attached hydrogens (tertiary/aromatic N) is 1. The molecule has 0 unspecified atom stereocenters. The van der Waals surface area contributed by atoms with E-state index in [4.69, 9.17) is 27.7 Å². The van der Waals surface area contributed by atoms with Crippen LogP contribution in [0.3, 0.4) is 0 Å². The Bertz CT molecular complexity index is 617. The van der Waals surface area contributed by atoms with Crippen LogP contribution in [-0.2, 0) is 10.2 Å². The van der Waals surface area contributed by atoms with E-state index in [1.54, 1.807) is 24.4 Å². The summed E-state index contributed by atoms with van der Waals surface area (Å²) in [5.74, 6) is 0.596. The van der Waals surface area contributed by atoms with Crippen LogP contribution in [0.25, 0.3) is 11.3 Å². The minimum atomic E-state index is -0.415. The third-order valence-corrected chi connectivity index (χ3v) is 4.04. The molecule has 0 bridgehead atoms. The molecule has 1 saturated carbocycles. The number of rotatable bonds is 3. The summed E-state index contributed by atoms with van der Waals surface area (Å²) in [7, 11) is 0. The van der Waals surface area contributed by atoms with Crippen LogP contribution in [0.15, 0.2) is 28.9 Å². The van der Waals surface area contributed by atoms with E-state index in [1.165, 1.54) is 0 Å². The van der Waals surface area contributed by atoms with E-state index in [9.17, 15) is 4.79 Å². The van der Waals surface area contributed by atoms with Crippen molar-refractivity contribution in [2.45, 2.75) is 18.3 Å². The maximum Gasteiger partial charge on any atom is 0.171 e. The zero-order valence-corrected chi connectivity index (χ0v) is 10.8. The topological polar surface area (TPSA) is 43.1 Å². The molecule has 1 aromatic heterocycles. The first-order chi connectivity index (χ1) is 8.66. The van der Waals surface area contributed by atoms with Crippen LogP contribution in [0.5, 0.6) is 0 Å². The maximum absolute atomic E-state index is 11.2. The molecule has 1 heterocycles. The molecule has 0 radical (unpaired) electrons. The lowest BCUT2D eigenvalue weighted by molar-refractivity contribution is -0.109. The smallest absolute Gasteiger partial charge is 0.171 e. The number of carbonyl (C=O) groups excluding carboxylic acids is 1. The number of benzene rings is 1. The van der Waals surface area contributed by atoms with Crippen molar-refractivity contribution in [3.8, 4) is 11.3 Å². The number of halogens is 2. The van der Waals surface area contributed by atoms with E-state index < -0.39 is 5.41 Å². The maximum atomic E-state index is 11.2. The van der Waals surface area contributed by atoms with E-state index in [-0.39, 0.29) is 0 Å². The largest absolute Gasteiger partial charge is 0.356 e. The Hall–Kier alpha value is -1.32. The first-order valence-electron chi connectivity index (χ1n) is 5.53. The average Bonchev–Trinajstić information content (AvgIpc) is 3.02. The number of hydrogen-bond acceptors (Lipinski definition) is 3. The molecule has 3 rings (SSSR count).